The third-order valence-electron chi connectivity index (χ3n) is 5.53. The first-order chi connectivity index (χ1) is 13.6. The van der Waals surface area contributed by atoms with Gasteiger partial charge >= 0.3 is 0 Å². The van der Waals surface area contributed by atoms with E-state index in [-0.39, 0.29) is 5.82 Å². The summed E-state index contributed by atoms with van der Waals surface area (Å²) in [7, 11) is 0. The second-order valence-corrected chi connectivity index (χ2v) is 7.58. The molecule has 1 heterocycles. The Kier molecular flexibility index (Phi) is 7.29. The van der Waals surface area contributed by atoms with Gasteiger partial charge in [-0.05, 0) is 48.2 Å². The number of hydrogen-bond acceptors (Lipinski definition) is 4. The van der Waals surface area contributed by atoms with Crippen molar-refractivity contribution < 1.29 is 14.2 Å². The summed E-state index contributed by atoms with van der Waals surface area (Å²) in [6.45, 7) is 8.75. The molecular weight excluding hydrogens is 355 g/mol. The summed E-state index contributed by atoms with van der Waals surface area (Å²) >= 11 is 0. The fourth-order valence-corrected chi connectivity index (χ4v) is 3.62. The Labute approximate surface area is 167 Å². The van der Waals surface area contributed by atoms with Crippen LogP contribution in [0, 0.1) is 5.82 Å². The van der Waals surface area contributed by atoms with Gasteiger partial charge in [0.25, 0.3) is 0 Å². The first kappa shape index (κ1) is 20.6. The van der Waals surface area contributed by atoms with Crippen LogP contribution < -0.4 is 9.64 Å². The third-order valence-corrected chi connectivity index (χ3v) is 5.53. The van der Waals surface area contributed by atoms with Crippen molar-refractivity contribution in [1.82, 2.24) is 4.90 Å². The molecule has 0 unspecified atom stereocenters. The lowest BCUT2D eigenvalue weighted by molar-refractivity contribution is 0.0658. The number of rotatable bonds is 8. The number of benzene rings is 2. The molecule has 2 atom stereocenters. The van der Waals surface area contributed by atoms with Crippen molar-refractivity contribution >= 4 is 5.69 Å². The highest BCUT2D eigenvalue weighted by Gasteiger charge is 2.20. The van der Waals surface area contributed by atoms with E-state index in [1.807, 2.05) is 30.3 Å². The maximum atomic E-state index is 13.1. The minimum absolute atomic E-state index is 0.208. The van der Waals surface area contributed by atoms with E-state index < -0.39 is 6.10 Å². The van der Waals surface area contributed by atoms with Crippen molar-refractivity contribution in [2.75, 3.05) is 44.2 Å². The maximum Gasteiger partial charge on any atom is 0.123 e. The molecule has 1 aliphatic rings. The molecule has 1 saturated heterocycles. The zero-order valence-corrected chi connectivity index (χ0v) is 16.9. The lowest BCUT2D eigenvalue weighted by atomic mass is 9.98. The van der Waals surface area contributed by atoms with Gasteiger partial charge in [-0.2, -0.15) is 0 Å². The fraction of sp³-hybridized carbons (Fsp3) is 0.478. The first-order valence-electron chi connectivity index (χ1n) is 10.2. The van der Waals surface area contributed by atoms with Gasteiger partial charge in [-0.1, -0.05) is 32.0 Å². The molecule has 0 spiro atoms. The van der Waals surface area contributed by atoms with Gasteiger partial charge in [0.05, 0.1) is 0 Å². The average molecular weight is 387 g/mol. The molecule has 4 nitrogen and oxygen atoms in total. The van der Waals surface area contributed by atoms with E-state index >= 15 is 0 Å². The zero-order valence-electron chi connectivity index (χ0n) is 16.9. The fourth-order valence-electron chi connectivity index (χ4n) is 3.62. The molecule has 152 valence electrons. The third kappa shape index (κ3) is 5.46. The molecule has 1 fully saturated rings. The molecule has 0 saturated carbocycles. The summed E-state index contributed by atoms with van der Waals surface area (Å²) in [5, 5.41) is 10.4. The zero-order chi connectivity index (χ0) is 19.9. The summed E-state index contributed by atoms with van der Waals surface area (Å²) in [6, 6.07) is 14.7. The summed E-state index contributed by atoms with van der Waals surface area (Å²) in [5.74, 6) is 1.10. The Morgan fingerprint density at radius 3 is 2.39 bits per heavy atom. The van der Waals surface area contributed by atoms with Crippen LogP contribution in [0.3, 0.4) is 0 Å². The molecule has 0 radical (unpaired) electrons. The Morgan fingerprint density at radius 1 is 1.04 bits per heavy atom. The van der Waals surface area contributed by atoms with E-state index in [2.05, 4.69) is 29.7 Å². The Hall–Kier alpha value is -2.11. The highest BCUT2D eigenvalue weighted by Crippen LogP contribution is 2.28. The molecule has 0 aromatic heterocycles. The molecule has 0 aliphatic carbocycles. The largest absolute Gasteiger partial charge is 0.491 e. The highest BCUT2D eigenvalue weighted by molar-refractivity contribution is 5.46. The number of halogens is 1. The Morgan fingerprint density at radius 2 is 1.71 bits per heavy atom. The predicted octanol–water partition coefficient (Wildman–Crippen LogP) is 3.90. The standard InChI is InChI=1S/C23H31FN2O2/c1-3-18(2)22-6-4-5-7-23(22)28-17-21(27)16-25-12-14-26(15-13-25)20-10-8-19(24)9-11-20/h4-11,18,21,27H,3,12-17H2,1-2H3/t18-,21+/m0/s1. The van der Waals surface area contributed by atoms with Gasteiger partial charge in [0, 0.05) is 38.4 Å². The lowest BCUT2D eigenvalue weighted by Gasteiger charge is -2.36. The minimum Gasteiger partial charge on any atom is -0.491 e. The van der Waals surface area contributed by atoms with Crippen molar-refractivity contribution in [2.45, 2.75) is 32.3 Å². The van der Waals surface area contributed by atoms with E-state index in [4.69, 9.17) is 4.74 Å². The van der Waals surface area contributed by atoms with E-state index in [1.54, 1.807) is 0 Å². The van der Waals surface area contributed by atoms with Gasteiger partial charge in [0.2, 0.25) is 0 Å². The smallest absolute Gasteiger partial charge is 0.123 e. The summed E-state index contributed by atoms with van der Waals surface area (Å²) < 4.78 is 19.0. The average Bonchev–Trinajstić information content (AvgIpc) is 2.73. The molecule has 0 bridgehead atoms. The number of piperazine rings is 1. The van der Waals surface area contributed by atoms with Gasteiger partial charge in [-0.15, -0.1) is 0 Å². The Bertz CT molecular complexity index is 730. The molecule has 5 heteroatoms. The lowest BCUT2D eigenvalue weighted by Crippen LogP contribution is -2.49. The quantitative estimate of drug-likeness (QED) is 0.746. The highest BCUT2D eigenvalue weighted by atomic mass is 19.1. The molecule has 2 aromatic carbocycles. The number of nitrogens with zero attached hydrogens (tertiary/aromatic N) is 2. The number of para-hydroxylation sites is 1. The second-order valence-electron chi connectivity index (χ2n) is 7.58. The minimum atomic E-state index is -0.526. The molecule has 1 N–H and O–H groups in total. The van der Waals surface area contributed by atoms with Crippen LogP contribution in [0.15, 0.2) is 48.5 Å². The number of ether oxygens (including phenoxy) is 1. The Balaban J connectivity index is 1.45. The topological polar surface area (TPSA) is 35.9 Å². The molecular formula is C23H31FN2O2. The first-order valence-corrected chi connectivity index (χ1v) is 10.2. The molecule has 2 aromatic rings. The number of hydrogen-bond donors (Lipinski definition) is 1. The predicted molar refractivity (Wildman–Crippen MR) is 112 cm³/mol. The summed E-state index contributed by atoms with van der Waals surface area (Å²) in [5.41, 5.74) is 2.25. The van der Waals surface area contributed by atoms with Crippen LogP contribution >= 0.6 is 0 Å². The van der Waals surface area contributed by atoms with Gasteiger partial charge in [0.15, 0.2) is 0 Å². The van der Waals surface area contributed by atoms with E-state index in [0.717, 1.165) is 44.0 Å². The van der Waals surface area contributed by atoms with E-state index in [9.17, 15) is 9.50 Å². The monoisotopic (exact) mass is 386 g/mol. The van der Waals surface area contributed by atoms with E-state index in [0.29, 0.717) is 19.1 Å². The normalized spacial score (nSPS) is 17.4. The van der Waals surface area contributed by atoms with Gasteiger partial charge in [-0.25, -0.2) is 4.39 Å². The van der Waals surface area contributed by atoms with Crippen LogP contribution in [0.5, 0.6) is 5.75 Å². The van der Waals surface area contributed by atoms with Crippen molar-refractivity contribution in [1.29, 1.82) is 0 Å². The van der Waals surface area contributed by atoms with Gasteiger partial charge < -0.3 is 14.7 Å². The van der Waals surface area contributed by atoms with Crippen LogP contribution in [0.2, 0.25) is 0 Å². The van der Waals surface area contributed by atoms with Crippen LogP contribution in [-0.4, -0.2) is 55.4 Å². The number of β-amino-alcohol motifs (C(OH)–C–C–N with tert-alkyl or cyclic N) is 1. The van der Waals surface area contributed by atoms with Crippen molar-refractivity contribution in [3.05, 3.63) is 59.9 Å². The molecule has 28 heavy (non-hydrogen) atoms. The van der Waals surface area contributed by atoms with Crippen molar-refractivity contribution in [3.63, 3.8) is 0 Å². The van der Waals surface area contributed by atoms with Crippen LogP contribution in [0.25, 0.3) is 0 Å². The van der Waals surface area contributed by atoms with Crippen LogP contribution in [-0.2, 0) is 0 Å². The number of aliphatic hydroxyl groups excluding tert-OH is 1. The van der Waals surface area contributed by atoms with Crippen LogP contribution in [0.4, 0.5) is 10.1 Å². The van der Waals surface area contributed by atoms with Crippen molar-refractivity contribution in [2.24, 2.45) is 0 Å². The second kappa shape index (κ2) is 9.89. The van der Waals surface area contributed by atoms with Gasteiger partial charge in [0.1, 0.15) is 24.3 Å². The molecule has 1 aliphatic heterocycles. The molecule has 0 amide bonds. The SMILES string of the molecule is CC[C@H](C)c1ccccc1OC[C@H](O)CN1CCN(c2ccc(F)cc2)CC1. The van der Waals surface area contributed by atoms with E-state index in [1.165, 1.54) is 17.7 Å². The van der Waals surface area contributed by atoms with Gasteiger partial charge in [-0.3, -0.25) is 4.90 Å². The summed E-state index contributed by atoms with van der Waals surface area (Å²) in [4.78, 5) is 4.51. The maximum absolute atomic E-state index is 13.1. The molecule has 3 rings (SSSR count). The number of anilines is 1. The van der Waals surface area contributed by atoms with Crippen molar-refractivity contribution in [3.8, 4) is 5.75 Å². The number of aliphatic hydroxyl groups is 1. The van der Waals surface area contributed by atoms with Crippen LogP contribution in [0.1, 0.15) is 31.7 Å². The summed E-state index contributed by atoms with van der Waals surface area (Å²) in [6.07, 6.45) is 0.531.